The summed E-state index contributed by atoms with van der Waals surface area (Å²) in [7, 11) is 0. The highest BCUT2D eigenvalue weighted by Crippen LogP contribution is 2.23. The Labute approximate surface area is 121 Å². The second kappa shape index (κ2) is 6.35. The Morgan fingerprint density at radius 3 is 2.53 bits per heavy atom. The van der Waals surface area contributed by atoms with E-state index in [-0.39, 0.29) is 0 Å². The van der Waals surface area contributed by atoms with Crippen molar-refractivity contribution in [3.63, 3.8) is 0 Å². The average molecular weight is 277 g/mol. The number of hydrogen-bond donors (Lipinski definition) is 1. The summed E-state index contributed by atoms with van der Waals surface area (Å²) in [5.41, 5.74) is 9.30. The van der Waals surface area contributed by atoms with E-state index in [1.54, 1.807) is 0 Å². The predicted octanol–water partition coefficient (Wildman–Crippen LogP) is 2.16. The molecule has 104 valence electrons. The Hall–Kier alpha value is -1.13. The minimum atomic E-state index is 0.492. The molecule has 0 aliphatic carbocycles. The van der Waals surface area contributed by atoms with Gasteiger partial charge in [0.2, 0.25) is 0 Å². The average Bonchev–Trinajstić information content (AvgIpc) is 2.39. The summed E-state index contributed by atoms with van der Waals surface area (Å²) in [4.78, 5) is 5.42. The molecule has 1 aliphatic rings. The lowest BCUT2D eigenvalue weighted by Crippen LogP contribution is -2.47. The second-order valence-corrected chi connectivity index (χ2v) is 5.65. The zero-order valence-corrected chi connectivity index (χ0v) is 12.7. The zero-order chi connectivity index (χ0) is 13.8. The van der Waals surface area contributed by atoms with Gasteiger partial charge in [0.1, 0.15) is 4.99 Å². The van der Waals surface area contributed by atoms with Crippen LogP contribution >= 0.6 is 12.2 Å². The fourth-order valence-electron chi connectivity index (χ4n) is 2.64. The summed E-state index contributed by atoms with van der Waals surface area (Å²) < 4.78 is 0. The smallest absolute Gasteiger partial charge is 0.106 e. The van der Waals surface area contributed by atoms with Crippen LogP contribution in [0.2, 0.25) is 0 Å². The highest BCUT2D eigenvalue weighted by molar-refractivity contribution is 7.80. The summed E-state index contributed by atoms with van der Waals surface area (Å²) in [6, 6.07) is 6.32. The number of nitrogens with two attached hydrogens (primary N) is 1. The normalized spacial score (nSPS) is 16.6. The molecule has 0 spiro atoms. The van der Waals surface area contributed by atoms with Gasteiger partial charge in [-0.3, -0.25) is 4.90 Å². The standard InChI is InChI=1S/C15H23N3S/c1-3-6-17-7-9-18(10-8-17)14-11-12(2)4-5-13(14)15(16)19/h4-5,11H,3,6-10H2,1-2H3,(H2,16,19). The summed E-state index contributed by atoms with van der Waals surface area (Å²) in [5.74, 6) is 0. The van der Waals surface area contributed by atoms with E-state index < -0.39 is 0 Å². The number of benzene rings is 1. The van der Waals surface area contributed by atoms with Crippen LogP contribution in [0.5, 0.6) is 0 Å². The van der Waals surface area contributed by atoms with Crippen molar-refractivity contribution in [3.8, 4) is 0 Å². The lowest BCUT2D eigenvalue weighted by Gasteiger charge is -2.37. The maximum Gasteiger partial charge on any atom is 0.106 e. The van der Waals surface area contributed by atoms with Gasteiger partial charge in [-0.1, -0.05) is 25.2 Å². The number of nitrogens with zero attached hydrogens (tertiary/aromatic N) is 2. The molecule has 1 heterocycles. The van der Waals surface area contributed by atoms with Crippen molar-refractivity contribution in [3.05, 3.63) is 29.3 Å². The van der Waals surface area contributed by atoms with Gasteiger partial charge in [0, 0.05) is 37.4 Å². The Bertz CT molecular complexity index is 451. The molecule has 1 aliphatic heterocycles. The summed E-state index contributed by atoms with van der Waals surface area (Å²) >= 11 is 5.17. The molecule has 2 rings (SSSR count). The second-order valence-electron chi connectivity index (χ2n) is 5.21. The minimum absolute atomic E-state index is 0.492. The van der Waals surface area contributed by atoms with E-state index in [2.05, 4.69) is 35.8 Å². The molecule has 3 nitrogen and oxygen atoms in total. The van der Waals surface area contributed by atoms with Crippen LogP contribution < -0.4 is 10.6 Å². The molecule has 19 heavy (non-hydrogen) atoms. The van der Waals surface area contributed by atoms with Crippen LogP contribution in [0, 0.1) is 6.92 Å². The Balaban J connectivity index is 2.14. The molecule has 4 heteroatoms. The molecule has 1 saturated heterocycles. The number of aryl methyl sites for hydroxylation is 1. The third-order valence-corrected chi connectivity index (χ3v) is 3.89. The van der Waals surface area contributed by atoms with Gasteiger partial charge in [-0.15, -0.1) is 0 Å². The molecule has 0 amide bonds. The number of hydrogen-bond acceptors (Lipinski definition) is 3. The van der Waals surface area contributed by atoms with Crippen LogP contribution in [0.3, 0.4) is 0 Å². The van der Waals surface area contributed by atoms with Crippen molar-refractivity contribution < 1.29 is 0 Å². The van der Waals surface area contributed by atoms with Crippen LogP contribution in [-0.4, -0.2) is 42.6 Å². The van der Waals surface area contributed by atoms with E-state index >= 15 is 0 Å². The van der Waals surface area contributed by atoms with Crippen molar-refractivity contribution in [2.24, 2.45) is 5.73 Å². The molecular formula is C15H23N3S. The Morgan fingerprint density at radius 1 is 1.26 bits per heavy atom. The van der Waals surface area contributed by atoms with Gasteiger partial charge in [-0.2, -0.15) is 0 Å². The molecule has 0 radical (unpaired) electrons. The molecule has 1 aromatic carbocycles. The SMILES string of the molecule is CCCN1CCN(c2cc(C)ccc2C(N)=S)CC1. The van der Waals surface area contributed by atoms with E-state index in [1.165, 1.54) is 24.2 Å². The first-order chi connectivity index (χ1) is 9.11. The van der Waals surface area contributed by atoms with Crippen LogP contribution in [0.4, 0.5) is 5.69 Å². The van der Waals surface area contributed by atoms with Crippen LogP contribution in [0.1, 0.15) is 24.5 Å². The minimum Gasteiger partial charge on any atom is -0.389 e. The van der Waals surface area contributed by atoms with E-state index in [0.29, 0.717) is 4.99 Å². The molecule has 0 saturated carbocycles. The molecule has 0 unspecified atom stereocenters. The molecule has 0 aromatic heterocycles. The monoisotopic (exact) mass is 277 g/mol. The largest absolute Gasteiger partial charge is 0.389 e. The van der Waals surface area contributed by atoms with E-state index in [0.717, 1.165) is 31.7 Å². The summed E-state index contributed by atoms with van der Waals surface area (Å²) in [6.07, 6.45) is 1.22. The molecular weight excluding hydrogens is 254 g/mol. The quantitative estimate of drug-likeness (QED) is 0.855. The third-order valence-electron chi connectivity index (χ3n) is 3.67. The van der Waals surface area contributed by atoms with Crippen molar-refractivity contribution in [1.29, 1.82) is 0 Å². The number of piperazine rings is 1. The maximum atomic E-state index is 5.84. The first-order valence-electron chi connectivity index (χ1n) is 6.99. The fourth-order valence-corrected chi connectivity index (χ4v) is 2.81. The third kappa shape index (κ3) is 3.45. The van der Waals surface area contributed by atoms with Crippen molar-refractivity contribution >= 4 is 22.9 Å². The maximum absolute atomic E-state index is 5.84. The number of thiocarbonyl (C=S) groups is 1. The fraction of sp³-hybridized carbons (Fsp3) is 0.533. The first kappa shape index (κ1) is 14.3. The van der Waals surface area contributed by atoms with Crippen LogP contribution in [-0.2, 0) is 0 Å². The van der Waals surface area contributed by atoms with Gasteiger partial charge in [0.25, 0.3) is 0 Å². The van der Waals surface area contributed by atoms with Gasteiger partial charge < -0.3 is 10.6 Å². The van der Waals surface area contributed by atoms with Gasteiger partial charge in [0.15, 0.2) is 0 Å². The van der Waals surface area contributed by atoms with E-state index in [1.807, 2.05) is 6.07 Å². The topological polar surface area (TPSA) is 32.5 Å². The molecule has 0 bridgehead atoms. The van der Waals surface area contributed by atoms with Crippen LogP contribution in [0.15, 0.2) is 18.2 Å². The van der Waals surface area contributed by atoms with Crippen LogP contribution in [0.25, 0.3) is 0 Å². The lowest BCUT2D eigenvalue weighted by molar-refractivity contribution is 0.258. The number of rotatable bonds is 4. The van der Waals surface area contributed by atoms with E-state index in [4.69, 9.17) is 18.0 Å². The molecule has 2 N–H and O–H groups in total. The summed E-state index contributed by atoms with van der Waals surface area (Å²) in [6.45, 7) is 9.90. The summed E-state index contributed by atoms with van der Waals surface area (Å²) in [5, 5.41) is 0. The van der Waals surface area contributed by atoms with Crippen molar-refractivity contribution in [2.45, 2.75) is 20.3 Å². The van der Waals surface area contributed by atoms with E-state index in [9.17, 15) is 0 Å². The van der Waals surface area contributed by atoms with Gasteiger partial charge in [-0.05, 0) is 37.6 Å². The van der Waals surface area contributed by atoms with Crippen molar-refractivity contribution in [1.82, 2.24) is 4.90 Å². The highest BCUT2D eigenvalue weighted by atomic mass is 32.1. The van der Waals surface area contributed by atoms with Gasteiger partial charge in [-0.25, -0.2) is 0 Å². The zero-order valence-electron chi connectivity index (χ0n) is 11.9. The molecule has 1 aromatic rings. The Morgan fingerprint density at radius 2 is 1.95 bits per heavy atom. The predicted molar refractivity (Wildman–Crippen MR) is 86.0 cm³/mol. The Kier molecular flexibility index (Phi) is 4.77. The van der Waals surface area contributed by atoms with Gasteiger partial charge >= 0.3 is 0 Å². The van der Waals surface area contributed by atoms with Gasteiger partial charge in [0.05, 0.1) is 0 Å². The highest BCUT2D eigenvalue weighted by Gasteiger charge is 2.19. The first-order valence-corrected chi connectivity index (χ1v) is 7.40. The molecule has 1 fully saturated rings. The molecule has 0 atom stereocenters. The lowest BCUT2D eigenvalue weighted by atomic mass is 10.1. The number of anilines is 1. The van der Waals surface area contributed by atoms with Crippen molar-refractivity contribution in [2.75, 3.05) is 37.6 Å².